The zero-order valence-electron chi connectivity index (χ0n) is 11.5. The fourth-order valence-electron chi connectivity index (χ4n) is 3.94. The first-order chi connectivity index (χ1) is 8.29. The van der Waals surface area contributed by atoms with Crippen LogP contribution in [0.15, 0.2) is 0 Å². The third-order valence-corrected chi connectivity index (χ3v) is 4.96. The van der Waals surface area contributed by atoms with E-state index in [0.717, 1.165) is 24.3 Å². The van der Waals surface area contributed by atoms with Crippen molar-refractivity contribution in [3.63, 3.8) is 0 Å². The summed E-state index contributed by atoms with van der Waals surface area (Å²) >= 11 is 0. The first-order valence-electron chi connectivity index (χ1n) is 7.68. The van der Waals surface area contributed by atoms with Gasteiger partial charge < -0.3 is 10.6 Å². The molecule has 100 valence electrons. The van der Waals surface area contributed by atoms with Gasteiger partial charge in [-0.15, -0.1) is 0 Å². The minimum Gasteiger partial charge on any atom is -0.330 e. The van der Waals surface area contributed by atoms with Gasteiger partial charge in [-0.3, -0.25) is 0 Å². The molecule has 0 radical (unpaired) electrons. The van der Waals surface area contributed by atoms with E-state index in [1.807, 2.05) is 0 Å². The number of nitrogens with zero attached hydrogens (tertiary/aromatic N) is 1. The Bertz CT molecular complexity index is 211. The minimum absolute atomic E-state index is 0.801. The zero-order valence-corrected chi connectivity index (χ0v) is 11.5. The second-order valence-corrected chi connectivity index (χ2v) is 6.41. The topological polar surface area (TPSA) is 29.3 Å². The molecule has 2 N–H and O–H groups in total. The molecule has 2 nitrogen and oxygen atoms in total. The van der Waals surface area contributed by atoms with Crippen molar-refractivity contribution in [1.82, 2.24) is 4.90 Å². The van der Waals surface area contributed by atoms with E-state index in [1.165, 1.54) is 64.5 Å². The summed E-state index contributed by atoms with van der Waals surface area (Å²) < 4.78 is 0. The van der Waals surface area contributed by atoms with Gasteiger partial charge >= 0.3 is 0 Å². The maximum Gasteiger partial charge on any atom is 0.000985 e. The van der Waals surface area contributed by atoms with Gasteiger partial charge in [0.1, 0.15) is 0 Å². The van der Waals surface area contributed by atoms with Crippen LogP contribution in [0.4, 0.5) is 0 Å². The average Bonchev–Trinajstić information content (AvgIpc) is 2.82. The molecular formula is C15H30N2. The van der Waals surface area contributed by atoms with Gasteiger partial charge in [0, 0.05) is 13.1 Å². The van der Waals surface area contributed by atoms with Crippen LogP contribution in [-0.4, -0.2) is 31.6 Å². The van der Waals surface area contributed by atoms with Crippen molar-refractivity contribution in [2.24, 2.45) is 23.5 Å². The van der Waals surface area contributed by atoms with Gasteiger partial charge in [0.2, 0.25) is 0 Å². The number of nitrogens with two attached hydrogens (primary N) is 1. The lowest BCUT2D eigenvalue weighted by Crippen LogP contribution is -2.37. The summed E-state index contributed by atoms with van der Waals surface area (Å²) in [5, 5.41) is 0. The fourth-order valence-corrected chi connectivity index (χ4v) is 3.94. The van der Waals surface area contributed by atoms with Gasteiger partial charge in [0.25, 0.3) is 0 Å². The van der Waals surface area contributed by atoms with E-state index in [1.54, 1.807) is 0 Å². The van der Waals surface area contributed by atoms with Gasteiger partial charge in [0.05, 0.1) is 0 Å². The minimum atomic E-state index is 0.801. The van der Waals surface area contributed by atoms with E-state index in [0.29, 0.717) is 0 Å². The molecule has 0 aliphatic heterocycles. The highest BCUT2D eigenvalue weighted by atomic mass is 15.1. The molecule has 0 spiro atoms. The Balaban J connectivity index is 1.73. The van der Waals surface area contributed by atoms with Crippen LogP contribution in [0, 0.1) is 17.8 Å². The SMILES string of the molecule is CN(CC1CCCC1)CC1CCCCC1CN. The molecule has 2 saturated carbocycles. The highest BCUT2D eigenvalue weighted by Crippen LogP contribution is 2.31. The van der Waals surface area contributed by atoms with Crippen molar-refractivity contribution in [3.8, 4) is 0 Å². The molecule has 2 aliphatic carbocycles. The van der Waals surface area contributed by atoms with Crippen LogP contribution in [0.25, 0.3) is 0 Å². The Hall–Kier alpha value is -0.0800. The van der Waals surface area contributed by atoms with Crippen molar-refractivity contribution < 1.29 is 0 Å². The first kappa shape index (κ1) is 13.4. The Morgan fingerprint density at radius 1 is 0.882 bits per heavy atom. The molecule has 0 aromatic rings. The van der Waals surface area contributed by atoms with Gasteiger partial charge in [-0.2, -0.15) is 0 Å². The summed E-state index contributed by atoms with van der Waals surface area (Å²) in [7, 11) is 2.32. The lowest BCUT2D eigenvalue weighted by Gasteiger charge is -2.34. The van der Waals surface area contributed by atoms with Crippen molar-refractivity contribution in [3.05, 3.63) is 0 Å². The number of hydrogen-bond acceptors (Lipinski definition) is 2. The molecule has 0 aromatic carbocycles. The molecule has 0 aromatic heterocycles. The first-order valence-corrected chi connectivity index (χ1v) is 7.68. The zero-order chi connectivity index (χ0) is 12.1. The molecule has 2 rings (SSSR count). The van der Waals surface area contributed by atoms with E-state index >= 15 is 0 Å². The lowest BCUT2D eigenvalue weighted by atomic mass is 9.79. The van der Waals surface area contributed by atoms with Crippen LogP contribution in [-0.2, 0) is 0 Å². The van der Waals surface area contributed by atoms with E-state index in [4.69, 9.17) is 5.73 Å². The lowest BCUT2D eigenvalue weighted by molar-refractivity contribution is 0.161. The summed E-state index contributed by atoms with van der Waals surface area (Å²) in [6, 6.07) is 0. The van der Waals surface area contributed by atoms with Crippen molar-refractivity contribution in [1.29, 1.82) is 0 Å². The van der Waals surface area contributed by atoms with E-state index in [2.05, 4.69) is 11.9 Å². The predicted molar refractivity (Wildman–Crippen MR) is 74.0 cm³/mol. The molecule has 0 bridgehead atoms. The molecule has 2 unspecified atom stereocenters. The van der Waals surface area contributed by atoms with E-state index < -0.39 is 0 Å². The normalized spacial score (nSPS) is 31.2. The molecule has 2 heteroatoms. The molecule has 0 amide bonds. The van der Waals surface area contributed by atoms with Gasteiger partial charge in [-0.25, -0.2) is 0 Å². The van der Waals surface area contributed by atoms with Crippen LogP contribution >= 0.6 is 0 Å². The maximum absolute atomic E-state index is 5.91. The predicted octanol–water partition coefficient (Wildman–Crippen LogP) is 2.87. The van der Waals surface area contributed by atoms with Gasteiger partial charge in [0.15, 0.2) is 0 Å². The molecule has 0 heterocycles. The fraction of sp³-hybridized carbons (Fsp3) is 1.00. The van der Waals surface area contributed by atoms with Crippen LogP contribution in [0.1, 0.15) is 51.4 Å². The Labute approximate surface area is 107 Å². The van der Waals surface area contributed by atoms with Crippen molar-refractivity contribution in [2.45, 2.75) is 51.4 Å². The summed E-state index contributed by atoms with van der Waals surface area (Å²) in [6.07, 6.45) is 11.5. The molecule has 0 saturated heterocycles. The van der Waals surface area contributed by atoms with Gasteiger partial charge in [-0.05, 0) is 57.0 Å². The van der Waals surface area contributed by atoms with Crippen molar-refractivity contribution >= 4 is 0 Å². The molecule has 2 aliphatic rings. The van der Waals surface area contributed by atoms with Crippen LogP contribution in [0.3, 0.4) is 0 Å². The molecule has 2 atom stereocenters. The van der Waals surface area contributed by atoms with E-state index in [-0.39, 0.29) is 0 Å². The highest BCUT2D eigenvalue weighted by Gasteiger charge is 2.26. The summed E-state index contributed by atoms with van der Waals surface area (Å²) in [6.45, 7) is 3.52. The van der Waals surface area contributed by atoms with Crippen LogP contribution < -0.4 is 5.73 Å². The average molecular weight is 238 g/mol. The third-order valence-electron chi connectivity index (χ3n) is 4.96. The number of hydrogen-bond donors (Lipinski definition) is 1. The van der Waals surface area contributed by atoms with Crippen LogP contribution in [0.2, 0.25) is 0 Å². The third kappa shape index (κ3) is 3.96. The Morgan fingerprint density at radius 2 is 1.47 bits per heavy atom. The molecular weight excluding hydrogens is 208 g/mol. The standard InChI is InChI=1S/C15H30N2/c1-17(11-13-6-2-3-7-13)12-15-9-5-4-8-14(15)10-16/h13-15H,2-12,16H2,1H3. The van der Waals surface area contributed by atoms with Crippen molar-refractivity contribution in [2.75, 3.05) is 26.7 Å². The highest BCUT2D eigenvalue weighted by molar-refractivity contribution is 4.79. The number of rotatable bonds is 5. The summed E-state index contributed by atoms with van der Waals surface area (Å²) in [4.78, 5) is 2.59. The van der Waals surface area contributed by atoms with Gasteiger partial charge in [-0.1, -0.05) is 25.7 Å². The second-order valence-electron chi connectivity index (χ2n) is 6.41. The quantitative estimate of drug-likeness (QED) is 0.798. The largest absolute Gasteiger partial charge is 0.330 e. The summed E-state index contributed by atoms with van der Waals surface area (Å²) in [5.41, 5.74) is 5.91. The van der Waals surface area contributed by atoms with E-state index in [9.17, 15) is 0 Å². The summed E-state index contributed by atoms with van der Waals surface area (Å²) in [5.74, 6) is 2.66. The monoisotopic (exact) mass is 238 g/mol. The van der Waals surface area contributed by atoms with Crippen LogP contribution in [0.5, 0.6) is 0 Å². The smallest absolute Gasteiger partial charge is 0.000985 e. The Morgan fingerprint density at radius 3 is 2.12 bits per heavy atom. The maximum atomic E-state index is 5.91. The molecule has 17 heavy (non-hydrogen) atoms. The Kier molecular flexibility index (Phi) is 5.30. The molecule has 2 fully saturated rings. The second kappa shape index (κ2) is 6.75.